The molecule has 0 unspecified atom stereocenters. The number of rotatable bonds is 4. The summed E-state index contributed by atoms with van der Waals surface area (Å²) in [5, 5.41) is 2.79. The van der Waals surface area contributed by atoms with Crippen LogP contribution in [-0.4, -0.2) is 40.8 Å². The molecule has 1 N–H and O–H groups in total. The molecule has 1 aromatic heterocycles. The van der Waals surface area contributed by atoms with Gasteiger partial charge in [-0.2, -0.15) is 0 Å². The van der Waals surface area contributed by atoms with Crippen LogP contribution < -0.4 is 5.32 Å². The van der Waals surface area contributed by atoms with Crippen LogP contribution in [0.15, 0.2) is 5.51 Å². The fourth-order valence-electron chi connectivity index (χ4n) is 2.50. The Bertz CT molecular complexity index is 487. The first-order valence-electron chi connectivity index (χ1n) is 7.07. The van der Waals surface area contributed by atoms with Gasteiger partial charge in [-0.15, -0.1) is 11.3 Å². The van der Waals surface area contributed by atoms with Crippen LogP contribution in [0.1, 0.15) is 48.0 Å². The maximum atomic E-state index is 12.1. The number of aromatic nitrogens is 1. The summed E-state index contributed by atoms with van der Waals surface area (Å²) in [5.41, 5.74) is 2.40. The molecule has 0 spiro atoms. The summed E-state index contributed by atoms with van der Waals surface area (Å²) in [6, 6.07) is 0.329. The Morgan fingerprint density at radius 2 is 2.30 bits per heavy atom. The number of carbonyl (C=O) groups excluding carboxylic acids is 2. The molecule has 0 aromatic carbocycles. The van der Waals surface area contributed by atoms with Crippen molar-refractivity contribution in [3.05, 3.63) is 16.1 Å². The highest BCUT2D eigenvalue weighted by atomic mass is 32.1. The summed E-state index contributed by atoms with van der Waals surface area (Å²) in [5.74, 6) is 0.00280. The normalized spacial score (nSPS) is 18.9. The summed E-state index contributed by atoms with van der Waals surface area (Å²) >= 11 is 1.33. The summed E-state index contributed by atoms with van der Waals surface area (Å²) in [6.07, 6.45) is 3.74. The molecule has 1 aromatic rings. The van der Waals surface area contributed by atoms with Crippen molar-refractivity contribution in [2.45, 2.75) is 45.6 Å². The van der Waals surface area contributed by atoms with Gasteiger partial charge < -0.3 is 10.2 Å². The number of carbonyl (C=O) groups is 2. The van der Waals surface area contributed by atoms with E-state index in [0.717, 1.165) is 25.1 Å². The van der Waals surface area contributed by atoms with Gasteiger partial charge >= 0.3 is 0 Å². The van der Waals surface area contributed by atoms with E-state index in [2.05, 4.69) is 17.2 Å². The average Bonchev–Trinajstić information content (AvgIpc) is 2.85. The summed E-state index contributed by atoms with van der Waals surface area (Å²) in [7, 11) is 0. The van der Waals surface area contributed by atoms with Crippen LogP contribution in [0.3, 0.4) is 0 Å². The monoisotopic (exact) mass is 295 g/mol. The SMILES string of the molecule is Cc1ncsc1C(=O)NCCC(=O)N1CCCC[C@H]1C. The highest BCUT2D eigenvalue weighted by Gasteiger charge is 2.22. The number of thiazole rings is 1. The number of piperidine rings is 1. The van der Waals surface area contributed by atoms with Crippen LogP contribution in [0.5, 0.6) is 0 Å². The number of aryl methyl sites for hydroxylation is 1. The van der Waals surface area contributed by atoms with E-state index in [1.165, 1.54) is 17.8 Å². The largest absolute Gasteiger partial charge is 0.351 e. The lowest BCUT2D eigenvalue weighted by molar-refractivity contribution is -0.134. The molecule has 1 saturated heterocycles. The van der Waals surface area contributed by atoms with Gasteiger partial charge in [-0.25, -0.2) is 4.98 Å². The van der Waals surface area contributed by atoms with Crippen molar-refractivity contribution < 1.29 is 9.59 Å². The zero-order valence-electron chi connectivity index (χ0n) is 12.0. The number of nitrogens with one attached hydrogen (secondary N) is 1. The zero-order valence-corrected chi connectivity index (χ0v) is 12.8. The minimum atomic E-state index is -0.135. The van der Waals surface area contributed by atoms with Crippen LogP contribution in [-0.2, 0) is 4.79 Å². The topological polar surface area (TPSA) is 62.3 Å². The van der Waals surface area contributed by atoms with E-state index in [-0.39, 0.29) is 11.8 Å². The molecule has 0 aliphatic carbocycles. The van der Waals surface area contributed by atoms with E-state index in [9.17, 15) is 9.59 Å². The molecular formula is C14H21N3O2S. The number of likely N-dealkylation sites (tertiary alicyclic amines) is 1. The molecule has 20 heavy (non-hydrogen) atoms. The standard InChI is InChI=1S/C14H21N3O2S/c1-10-5-3-4-8-17(10)12(18)6-7-15-14(19)13-11(2)16-9-20-13/h9-10H,3-8H2,1-2H3,(H,15,19)/t10-/m1/s1. The van der Waals surface area contributed by atoms with Gasteiger partial charge in [0.1, 0.15) is 4.88 Å². The predicted octanol–water partition coefficient (Wildman–Crippen LogP) is 1.97. The zero-order chi connectivity index (χ0) is 14.5. The fraction of sp³-hybridized carbons (Fsp3) is 0.643. The molecular weight excluding hydrogens is 274 g/mol. The van der Waals surface area contributed by atoms with Crippen LogP contribution in [0.2, 0.25) is 0 Å². The van der Waals surface area contributed by atoms with Crippen LogP contribution in [0.25, 0.3) is 0 Å². The van der Waals surface area contributed by atoms with Gasteiger partial charge in [0.25, 0.3) is 5.91 Å². The van der Waals surface area contributed by atoms with Crippen molar-refractivity contribution in [1.82, 2.24) is 15.2 Å². The van der Waals surface area contributed by atoms with Crippen LogP contribution >= 0.6 is 11.3 Å². The van der Waals surface area contributed by atoms with Crippen molar-refractivity contribution in [2.75, 3.05) is 13.1 Å². The van der Waals surface area contributed by atoms with Crippen molar-refractivity contribution in [3.63, 3.8) is 0 Å². The first-order chi connectivity index (χ1) is 9.59. The molecule has 110 valence electrons. The third kappa shape index (κ3) is 3.56. The molecule has 6 heteroatoms. The first-order valence-corrected chi connectivity index (χ1v) is 7.95. The Balaban J connectivity index is 1.77. The summed E-state index contributed by atoms with van der Waals surface area (Å²) in [6.45, 7) is 5.14. The molecule has 1 aliphatic heterocycles. The van der Waals surface area contributed by atoms with E-state index >= 15 is 0 Å². The minimum absolute atomic E-state index is 0.135. The predicted molar refractivity (Wildman–Crippen MR) is 78.8 cm³/mol. The lowest BCUT2D eigenvalue weighted by Crippen LogP contribution is -2.43. The number of amides is 2. The molecule has 2 rings (SSSR count). The third-order valence-electron chi connectivity index (χ3n) is 3.70. The van der Waals surface area contributed by atoms with Gasteiger partial charge in [-0.1, -0.05) is 0 Å². The smallest absolute Gasteiger partial charge is 0.263 e. The molecule has 2 heterocycles. The average molecular weight is 295 g/mol. The minimum Gasteiger partial charge on any atom is -0.351 e. The van der Waals surface area contributed by atoms with Gasteiger partial charge in [-0.3, -0.25) is 9.59 Å². The maximum absolute atomic E-state index is 12.1. The second-order valence-electron chi connectivity index (χ2n) is 5.20. The molecule has 0 bridgehead atoms. The quantitative estimate of drug-likeness (QED) is 0.924. The van der Waals surface area contributed by atoms with Gasteiger partial charge in [0.05, 0.1) is 11.2 Å². The number of nitrogens with zero attached hydrogens (tertiary/aromatic N) is 2. The Morgan fingerprint density at radius 3 is 2.95 bits per heavy atom. The Hall–Kier alpha value is -1.43. The number of hydrogen-bond donors (Lipinski definition) is 1. The van der Waals surface area contributed by atoms with E-state index in [4.69, 9.17) is 0 Å². The molecule has 1 fully saturated rings. The molecule has 1 aliphatic rings. The summed E-state index contributed by atoms with van der Waals surface area (Å²) in [4.78, 5) is 30.6. The highest BCUT2D eigenvalue weighted by molar-refractivity contribution is 7.11. The van der Waals surface area contributed by atoms with Crippen LogP contribution in [0.4, 0.5) is 0 Å². The van der Waals surface area contributed by atoms with Gasteiger partial charge in [0, 0.05) is 25.6 Å². The Kier molecular flexibility index (Phi) is 5.11. The molecule has 2 amide bonds. The molecule has 5 nitrogen and oxygen atoms in total. The lowest BCUT2D eigenvalue weighted by atomic mass is 10.0. The van der Waals surface area contributed by atoms with E-state index in [1.54, 1.807) is 5.51 Å². The van der Waals surface area contributed by atoms with E-state index < -0.39 is 0 Å². The van der Waals surface area contributed by atoms with Crippen molar-refractivity contribution in [3.8, 4) is 0 Å². The molecule has 1 atom stereocenters. The molecule has 0 radical (unpaired) electrons. The molecule has 0 saturated carbocycles. The van der Waals surface area contributed by atoms with E-state index in [0.29, 0.717) is 23.9 Å². The van der Waals surface area contributed by atoms with Gasteiger partial charge in [0.2, 0.25) is 5.91 Å². The first kappa shape index (κ1) is 15.0. The lowest BCUT2D eigenvalue weighted by Gasteiger charge is -2.33. The second-order valence-corrected chi connectivity index (χ2v) is 6.06. The van der Waals surface area contributed by atoms with E-state index in [1.807, 2.05) is 11.8 Å². The van der Waals surface area contributed by atoms with Crippen LogP contribution in [0, 0.1) is 6.92 Å². The fourth-order valence-corrected chi connectivity index (χ4v) is 3.21. The van der Waals surface area contributed by atoms with Crippen molar-refractivity contribution in [1.29, 1.82) is 0 Å². The van der Waals surface area contributed by atoms with Crippen molar-refractivity contribution in [2.24, 2.45) is 0 Å². The third-order valence-corrected chi connectivity index (χ3v) is 4.63. The maximum Gasteiger partial charge on any atom is 0.263 e. The Labute approximate surface area is 123 Å². The summed E-state index contributed by atoms with van der Waals surface area (Å²) < 4.78 is 0. The second kappa shape index (κ2) is 6.83. The van der Waals surface area contributed by atoms with Gasteiger partial charge in [0.15, 0.2) is 0 Å². The van der Waals surface area contributed by atoms with Crippen molar-refractivity contribution >= 4 is 23.2 Å². The Morgan fingerprint density at radius 1 is 1.50 bits per heavy atom. The number of hydrogen-bond acceptors (Lipinski definition) is 4. The highest BCUT2D eigenvalue weighted by Crippen LogP contribution is 2.17. The van der Waals surface area contributed by atoms with Gasteiger partial charge in [-0.05, 0) is 33.1 Å².